The highest BCUT2D eigenvalue weighted by Crippen LogP contribution is 2.27. The van der Waals surface area contributed by atoms with Gasteiger partial charge in [0.05, 0.1) is 24.9 Å². The number of nitrogens with one attached hydrogen (secondary N) is 1. The van der Waals surface area contributed by atoms with E-state index in [1.807, 2.05) is 6.07 Å². The largest absolute Gasteiger partial charge is 0.497 e. The van der Waals surface area contributed by atoms with Gasteiger partial charge in [0.25, 0.3) is 5.91 Å². The molecular formula is C18H15ClN2O3. The Morgan fingerprint density at radius 3 is 2.58 bits per heavy atom. The fourth-order valence-corrected chi connectivity index (χ4v) is 2.19. The Bertz CT molecular complexity index is 825. The van der Waals surface area contributed by atoms with Gasteiger partial charge in [-0.2, -0.15) is 5.26 Å². The number of benzene rings is 2. The molecule has 122 valence electrons. The Kier molecular flexibility index (Phi) is 5.83. The molecule has 0 aliphatic carbocycles. The number of amides is 1. The van der Waals surface area contributed by atoms with Gasteiger partial charge in [0.1, 0.15) is 23.1 Å². The Labute approximate surface area is 145 Å². The minimum atomic E-state index is -0.560. The van der Waals surface area contributed by atoms with Gasteiger partial charge in [-0.05, 0) is 36.4 Å². The van der Waals surface area contributed by atoms with Crippen molar-refractivity contribution >= 4 is 29.3 Å². The van der Waals surface area contributed by atoms with Crippen molar-refractivity contribution in [3.05, 3.63) is 58.6 Å². The molecule has 0 aliphatic heterocycles. The second kappa shape index (κ2) is 8.04. The van der Waals surface area contributed by atoms with E-state index < -0.39 is 5.91 Å². The van der Waals surface area contributed by atoms with Crippen LogP contribution in [0.4, 0.5) is 5.69 Å². The van der Waals surface area contributed by atoms with Gasteiger partial charge < -0.3 is 14.8 Å². The van der Waals surface area contributed by atoms with E-state index in [4.69, 9.17) is 21.1 Å². The number of carbonyl (C=O) groups is 1. The van der Waals surface area contributed by atoms with Crippen molar-refractivity contribution < 1.29 is 14.3 Å². The van der Waals surface area contributed by atoms with E-state index in [9.17, 15) is 10.1 Å². The van der Waals surface area contributed by atoms with Crippen LogP contribution in [0, 0.1) is 11.3 Å². The van der Waals surface area contributed by atoms with Gasteiger partial charge in [-0.3, -0.25) is 4.79 Å². The van der Waals surface area contributed by atoms with Crippen molar-refractivity contribution in [2.45, 2.75) is 0 Å². The summed E-state index contributed by atoms with van der Waals surface area (Å²) in [4.78, 5) is 12.3. The van der Waals surface area contributed by atoms with Gasteiger partial charge in [0.2, 0.25) is 0 Å². The van der Waals surface area contributed by atoms with Crippen LogP contribution in [-0.2, 0) is 4.79 Å². The maximum atomic E-state index is 12.3. The van der Waals surface area contributed by atoms with E-state index >= 15 is 0 Å². The number of carbonyl (C=O) groups excluding carboxylic acids is 1. The fourth-order valence-electron chi connectivity index (χ4n) is 2.01. The molecule has 0 bridgehead atoms. The summed E-state index contributed by atoms with van der Waals surface area (Å²) in [7, 11) is 3.04. The third-order valence-corrected chi connectivity index (χ3v) is 3.55. The molecule has 6 heteroatoms. The van der Waals surface area contributed by atoms with E-state index in [2.05, 4.69) is 5.32 Å². The van der Waals surface area contributed by atoms with E-state index in [0.29, 0.717) is 27.8 Å². The average molecular weight is 343 g/mol. The predicted molar refractivity (Wildman–Crippen MR) is 93.2 cm³/mol. The summed E-state index contributed by atoms with van der Waals surface area (Å²) >= 11 is 6.01. The van der Waals surface area contributed by atoms with E-state index in [1.165, 1.54) is 20.3 Å². The molecule has 0 aromatic heterocycles. The van der Waals surface area contributed by atoms with Gasteiger partial charge >= 0.3 is 0 Å². The summed E-state index contributed by atoms with van der Waals surface area (Å²) in [5.41, 5.74) is 0.909. The number of rotatable bonds is 5. The Hall–Kier alpha value is -2.97. The highest BCUT2D eigenvalue weighted by atomic mass is 35.5. The molecule has 1 amide bonds. The molecule has 0 heterocycles. The molecule has 24 heavy (non-hydrogen) atoms. The smallest absolute Gasteiger partial charge is 0.266 e. The summed E-state index contributed by atoms with van der Waals surface area (Å²) in [6, 6.07) is 13.8. The van der Waals surface area contributed by atoms with Crippen molar-refractivity contribution in [3.63, 3.8) is 0 Å². The van der Waals surface area contributed by atoms with Crippen LogP contribution in [-0.4, -0.2) is 20.1 Å². The first-order chi connectivity index (χ1) is 11.6. The summed E-state index contributed by atoms with van der Waals surface area (Å²) in [5, 5.41) is 12.3. The first-order valence-electron chi connectivity index (χ1n) is 6.98. The van der Waals surface area contributed by atoms with Crippen LogP contribution >= 0.6 is 11.6 Å². The van der Waals surface area contributed by atoms with Gasteiger partial charge in [-0.25, -0.2) is 0 Å². The second-order valence-electron chi connectivity index (χ2n) is 4.71. The third kappa shape index (κ3) is 4.06. The molecule has 0 atom stereocenters. The molecule has 5 nitrogen and oxygen atoms in total. The minimum Gasteiger partial charge on any atom is -0.497 e. The molecule has 0 aliphatic rings. The Morgan fingerprint density at radius 2 is 1.96 bits per heavy atom. The molecule has 2 aromatic rings. The van der Waals surface area contributed by atoms with Crippen molar-refractivity contribution in [2.75, 3.05) is 19.5 Å². The third-order valence-electron chi connectivity index (χ3n) is 3.22. The predicted octanol–water partition coefficient (Wildman–Crippen LogP) is 3.90. The quantitative estimate of drug-likeness (QED) is 0.660. The minimum absolute atomic E-state index is 0.0820. The highest BCUT2D eigenvalue weighted by molar-refractivity contribution is 6.34. The van der Waals surface area contributed by atoms with Crippen molar-refractivity contribution in [1.29, 1.82) is 5.26 Å². The standard InChI is InChI=1S/C18H15ClN2O3/c1-23-14-7-8-17(24-2)12(10-14)9-13(11-20)18(22)21-16-6-4-3-5-15(16)19/h3-10H,1-2H3,(H,21,22)/b13-9+. The van der Waals surface area contributed by atoms with E-state index in [-0.39, 0.29) is 5.57 Å². The number of anilines is 1. The molecule has 0 radical (unpaired) electrons. The lowest BCUT2D eigenvalue weighted by Gasteiger charge is -2.09. The van der Waals surface area contributed by atoms with Gasteiger partial charge in [-0.1, -0.05) is 23.7 Å². The van der Waals surface area contributed by atoms with Crippen molar-refractivity contribution in [3.8, 4) is 17.6 Å². The summed E-state index contributed by atoms with van der Waals surface area (Å²) in [6.07, 6.45) is 1.44. The Morgan fingerprint density at radius 1 is 1.21 bits per heavy atom. The zero-order valence-corrected chi connectivity index (χ0v) is 13.9. The van der Waals surface area contributed by atoms with Crippen LogP contribution in [0.1, 0.15) is 5.56 Å². The molecule has 2 aromatic carbocycles. The SMILES string of the molecule is COc1ccc(OC)c(/C=C(\C#N)C(=O)Nc2ccccc2Cl)c1. The molecule has 0 unspecified atom stereocenters. The van der Waals surface area contributed by atoms with Crippen LogP contribution < -0.4 is 14.8 Å². The molecule has 0 spiro atoms. The monoisotopic (exact) mass is 342 g/mol. The normalized spacial score (nSPS) is 10.7. The second-order valence-corrected chi connectivity index (χ2v) is 5.12. The number of para-hydroxylation sites is 1. The number of hydrogen-bond donors (Lipinski definition) is 1. The zero-order valence-electron chi connectivity index (χ0n) is 13.2. The topological polar surface area (TPSA) is 71.3 Å². The van der Waals surface area contributed by atoms with E-state index in [1.54, 1.807) is 42.5 Å². The first-order valence-corrected chi connectivity index (χ1v) is 7.36. The van der Waals surface area contributed by atoms with Gasteiger partial charge in [-0.15, -0.1) is 0 Å². The maximum absolute atomic E-state index is 12.3. The lowest BCUT2D eigenvalue weighted by Crippen LogP contribution is -2.13. The highest BCUT2D eigenvalue weighted by Gasteiger charge is 2.13. The zero-order chi connectivity index (χ0) is 17.5. The number of halogens is 1. The lowest BCUT2D eigenvalue weighted by atomic mass is 10.1. The summed E-state index contributed by atoms with van der Waals surface area (Å²) in [6.45, 7) is 0. The van der Waals surface area contributed by atoms with Crippen LogP contribution in [0.25, 0.3) is 6.08 Å². The van der Waals surface area contributed by atoms with Crippen LogP contribution in [0.15, 0.2) is 48.0 Å². The number of nitrogens with zero attached hydrogens (tertiary/aromatic N) is 1. The maximum Gasteiger partial charge on any atom is 0.266 e. The molecular weight excluding hydrogens is 328 g/mol. The van der Waals surface area contributed by atoms with Crippen LogP contribution in [0.3, 0.4) is 0 Å². The Balaban J connectivity index is 2.34. The average Bonchev–Trinajstić information content (AvgIpc) is 2.61. The molecule has 1 N–H and O–H groups in total. The molecule has 2 rings (SSSR count). The first kappa shape index (κ1) is 17.4. The number of methoxy groups -OCH3 is 2. The fraction of sp³-hybridized carbons (Fsp3) is 0.111. The van der Waals surface area contributed by atoms with Crippen LogP contribution in [0.5, 0.6) is 11.5 Å². The number of ether oxygens (including phenoxy) is 2. The van der Waals surface area contributed by atoms with Gasteiger partial charge in [0, 0.05) is 5.56 Å². The number of nitriles is 1. The van der Waals surface area contributed by atoms with Gasteiger partial charge in [0.15, 0.2) is 0 Å². The van der Waals surface area contributed by atoms with Crippen LogP contribution in [0.2, 0.25) is 5.02 Å². The van der Waals surface area contributed by atoms with Crippen molar-refractivity contribution in [1.82, 2.24) is 0 Å². The summed E-state index contributed by atoms with van der Waals surface area (Å²) in [5.74, 6) is 0.551. The lowest BCUT2D eigenvalue weighted by molar-refractivity contribution is -0.112. The van der Waals surface area contributed by atoms with E-state index in [0.717, 1.165) is 0 Å². The number of hydrogen-bond acceptors (Lipinski definition) is 4. The summed E-state index contributed by atoms with van der Waals surface area (Å²) < 4.78 is 10.4. The molecule has 0 saturated carbocycles. The molecule has 0 saturated heterocycles. The van der Waals surface area contributed by atoms with Crippen molar-refractivity contribution in [2.24, 2.45) is 0 Å². The molecule has 0 fully saturated rings.